The van der Waals surface area contributed by atoms with Crippen molar-refractivity contribution >= 4 is 11.6 Å². The Morgan fingerprint density at radius 2 is 1.82 bits per heavy atom. The molecule has 0 spiro atoms. The Kier molecular flexibility index (Phi) is 7.43. The summed E-state index contributed by atoms with van der Waals surface area (Å²) in [6.45, 7) is 4.52. The topological polar surface area (TPSA) is 74.3 Å². The second-order valence-electron chi connectivity index (χ2n) is 11.2. The van der Waals surface area contributed by atoms with Crippen LogP contribution in [0.4, 0.5) is 10.1 Å². The van der Waals surface area contributed by atoms with Gasteiger partial charge in [0, 0.05) is 25.3 Å². The summed E-state index contributed by atoms with van der Waals surface area (Å²) in [5, 5.41) is 14.5. The number of ether oxygens (including phenoxy) is 2. The van der Waals surface area contributed by atoms with E-state index >= 15 is 0 Å². The largest absolute Gasteiger partial charge is 0.486 e. The lowest BCUT2D eigenvalue weighted by Crippen LogP contribution is -2.48. The van der Waals surface area contributed by atoms with Crippen molar-refractivity contribution in [1.29, 1.82) is 0 Å². The van der Waals surface area contributed by atoms with Crippen molar-refractivity contribution in [3.63, 3.8) is 0 Å². The molecule has 0 saturated carbocycles. The molecule has 2 saturated heterocycles. The van der Waals surface area contributed by atoms with Gasteiger partial charge >= 0.3 is 0 Å². The quantitative estimate of drug-likeness (QED) is 0.578. The first kappa shape index (κ1) is 25.4. The van der Waals surface area contributed by atoms with Gasteiger partial charge in [-0.25, -0.2) is 4.39 Å². The van der Waals surface area contributed by atoms with E-state index in [1.54, 1.807) is 6.07 Å². The molecule has 0 radical (unpaired) electrons. The summed E-state index contributed by atoms with van der Waals surface area (Å²) in [5.74, 6) is -0.379. The first-order valence-corrected chi connectivity index (χ1v) is 14.2. The standard InChI is InChI=1S/C30H38FN3O4/c31-25-16-23(17-27-29(25)38-14-13-37-27)28(35)26(19-33-10-3-4-11-33)32-30(36)22-9-12-34(18-22)24-8-7-20-5-1-2-6-21(20)15-24/h7-8,15-17,22,26,28,35H,1-6,9-14,18-19H2,(H,32,36)/t22-,26+,28+/m0/s1. The Morgan fingerprint density at radius 1 is 1.03 bits per heavy atom. The number of aliphatic hydroxyl groups is 1. The molecule has 0 bridgehead atoms. The Bertz CT molecular complexity index is 1170. The van der Waals surface area contributed by atoms with Gasteiger partial charge in [-0.3, -0.25) is 4.79 Å². The predicted molar refractivity (Wildman–Crippen MR) is 143 cm³/mol. The SMILES string of the molecule is O=C(N[C@H](CN1CCCC1)[C@H](O)c1cc(F)c2c(c1)OCCO2)[C@H]1CCN(c2ccc3c(c2)CCCC3)C1. The minimum atomic E-state index is -1.07. The van der Waals surface area contributed by atoms with E-state index < -0.39 is 18.0 Å². The molecule has 3 aliphatic heterocycles. The maximum absolute atomic E-state index is 14.8. The zero-order chi connectivity index (χ0) is 26.1. The van der Waals surface area contributed by atoms with Crippen molar-refractivity contribution in [3.8, 4) is 11.5 Å². The van der Waals surface area contributed by atoms with E-state index in [4.69, 9.17) is 9.47 Å². The van der Waals surface area contributed by atoms with Crippen LogP contribution in [0.1, 0.15) is 54.9 Å². The lowest BCUT2D eigenvalue weighted by Gasteiger charge is -2.30. The van der Waals surface area contributed by atoms with E-state index in [1.165, 1.54) is 35.7 Å². The van der Waals surface area contributed by atoms with E-state index in [9.17, 15) is 14.3 Å². The number of likely N-dealkylation sites (tertiary alicyclic amines) is 1. The normalized spacial score (nSPS) is 22.7. The summed E-state index contributed by atoms with van der Waals surface area (Å²) >= 11 is 0. The molecule has 7 nitrogen and oxygen atoms in total. The van der Waals surface area contributed by atoms with Gasteiger partial charge < -0.3 is 29.7 Å². The lowest BCUT2D eigenvalue weighted by atomic mass is 9.91. The molecule has 204 valence electrons. The van der Waals surface area contributed by atoms with Gasteiger partial charge in [0.25, 0.3) is 0 Å². The average molecular weight is 524 g/mol. The predicted octanol–water partition coefficient (Wildman–Crippen LogP) is 3.62. The Morgan fingerprint density at radius 3 is 2.66 bits per heavy atom. The van der Waals surface area contributed by atoms with Crippen LogP contribution < -0.4 is 19.7 Å². The van der Waals surface area contributed by atoms with Crippen LogP contribution in [0.3, 0.4) is 0 Å². The highest BCUT2D eigenvalue weighted by Crippen LogP contribution is 2.37. The van der Waals surface area contributed by atoms with Crippen molar-refractivity contribution in [2.24, 2.45) is 5.92 Å². The van der Waals surface area contributed by atoms with E-state index in [2.05, 4.69) is 33.3 Å². The van der Waals surface area contributed by atoms with Crippen LogP contribution in [0.15, 0.2) is 30.3 Å². The van der Waals surface area contributed by atoms with Gasteiger partial charge in [0.15, 0.2) is 17.3 Å². The molecule has 3 atom stereocenters. The number of aliphatic hydroxyl groups excluding tert-OH is 1. The van der Waals surface area contributed by atoms with Gasteiger partial charge in [-0.1, -0.05) is 6.07 Å². The van der Waals surface area contributed by atoms with Crippen molar-refractivity contribution in [2.45, 2.75) is 57.1 Å². The highest BCUT2D eigenvalue weighted by molar-refractivity contribution is 5.80. The first-order chi connectivity index (χ1) is 18.5. The second-order valence-corrected chi connectivity index (χ2v) is 11.2. The molecule has 6 rings (SSSR count). The molecule has 2 fully saturated rings. The molecular weight excluding hydrogens is 485 g/mol. The van der Waals surface area contributed by atoms with E-state index in [0.717, 1.165) is 51.7 Å². The number of aryl methyl sites for hydroxylation is 2. The number of rotatable bonds is 7. The van der Waals surface area contributed by atoms with Gasteiger partial charge in [0.2, 0.25) is 5.91 Å². The molecule has 2 aromatic rings. The molecule has 0 aromatic heterocycles. The third kappa shape index (κ3) is 5.34. The fraction of sp³-hybridized carbons (Fsp3) is 0.567. The first-order valence-electron chi connectivity index (χ1n) is 14.2. The number of anilines is 1. The van der Waals surface area contributed by atoms with Crippen molar-refractivity contribution in [3.05, 3.63) is 52.8 Å². The van der Waals surface area contributed by atoms with Crippen LogP contribution in [0.5, 0.6) is 11.5 Å². The third-order valence-electron chi connectivity index (χ3n) is 8.58. The summed E-state index contributed by atoms with van der Waals surface area (Å²) in [7, 11) is 0. The molecule has 2 aromatic carbocycles. The molecule has 1 aliphatic carbocycles. The third-order valence-corrected chi connectivity index (χ3v) is 8.58. The molecule has 1 amide bonds. The number of nitrogens with one attached hydrogen (secondary N) is 1. The summed E-state index contributed by atoms with van der Waals surface area (Å²) in [5.41, 5.74) is 4.49. The number of benzene rings is 2. The van der Waals surface area contributed by atoms with Crippen LogP contribution >= 0.6 is 0 Å². The summed E-state index contributed by atoms with van der Waals surface area (Å²) in [6.07, 6.45) is 6.72. The van der Waals surface area contributed by atoms with Gasteiger partial charge in [-0.2, -0.15) is 0 Å². The van der Waals surface area contributed by atoms with E-state index in [0.29, 0.717) is 37.6 Å². The molecule has 4 aliphatic rings. The number of hydrogen-bond acceptors (Lipinski definition) is 6. The molecular formula is C30H38FN3O4. The van der Waals surface area contributed by atoms with Crippen molar-refractivity contribution < 1.29 is 23.8 Å². The van der Waals surface area contributed by atoms with E-state index in [-0.39, 0.29) is 17.6 Å². The maximum atomic E-state index is 14.8. The highest BCUT2D eigenvalue weighted by atomic mass is 19.1. The molecule has 3 heterocycles. The van der Waals surface area contributed by atoms with Gasteiger partial charge in [0.1, 0.15) is 19.3 Å². The van der Waals surface area contributed by atoms with Crippen molar-refractivity contribution in [2.75, 3.05) is 50.8 Å². The summed E-state index contributed by atoms with van der Waals surface area (Å²) in [4.78, 5) is 18.1. The lowest BCUT2D eigenvalue weighted by molar-refractivity contribution is -0.126. The number of nitrogens with zero attached hydrogens (tertiary/aromatic N) is 2. The summed E-state index contributed by atoms with van der Waals surface area (Å²) in [6, 6.07) is 9.14. The smallest absolute Gasteiger partial charge is 0.225 e. The maximum Gasteiger partial charge on any atom is 0.225 e. The van der Waals surface area contributed by atoms with Gasteiger partial charge in [-0.15, -0.1) is 0 Å². The Hall–Kier alpha value is -2.84. The van der Waals surface area contributed by atoms with Crippen LogP contribution in [0.25, 0.3) is 0 Å². The zero-order valence-corrected chi connectivity index (χ0v) is 22.0. The zero-order valence-electron chi connectivity index (χ0n) is 22.0. The Balaban J connectivity index is 1.16. The van der Waals surface area contributed by atoms with Crippen molar-refractivity contribution in [1.82, 2.24) is 10.2 Å². The number of fused-ring (bicyclic) bond motifs is 2. The monoisotopic (exact) mass is 523 g/mol. The fourth-order valence-corrected chi connectivity index (χ4v) is 6.43. The molecule has 0 unspecified atom stereocenters. The highest BCUT2D eigenvalue weighted by Gasteiger charge is 2.34. The summed E-state index contributed by atoms with van der Waals surface area (Å²) < 4.78 is 25.7. The molecule has 8 heteroatoms. The van der Waals surface area contributed by atoms with E-state index in [1.807, 2.05) is 0 Å². The molecule has 2 N–H and O–H groups in total. The average Bonchev–Trinajstić information content (AvgIpc) is 3.65. The van der Waals surface area contributed by atoms with Gasteiger partial charge in [0.05, 0.1) is 12.0 Å². The van der Waals surface area contributed by atoms with Gasteiger partial charge in [-0.05, 0) is 99.0 Å². The molecule has 38 heavy (non-hydrogen) atoms. The van der Waals surface area contributed by atoms with Crippen LogP contribution in [-0.2, 0) is 17.6 Å². The second kappa shape index (κ2) is 11.1. The number of carbonyl (C=O) groups is 1. The fourth-order valence-electron chi connectivity index (χ4n) is 6.43. The van der Waals surface area contributed by atoms with Crippen LogP contribution in [0.2, 0.25) is 0 Å². The van der Waals surface area contributed by atoms with Crippen LogP contribution in [-0.4, -0.2) is 67.9 Å². The number of amides is 1. The Labute approximate surface area is 223 Å². The number of carbonyl (C=O) groups excluding carboxylic acids is 1. The number of halogens is 1. The van der Waals surface area contributed by atoms with Crippen LogP contribution in [0, 0.1) is 11.7 Å². The minimum Gasteiger partial charge on any atom is -0.486 e. The number of hydrogen-bond donors (Lipinski definition) is 2. The minimum absolute atomic E-state index is 0.0493.